The minimum atomic E-state index is -10.7. The van der Waals surface area contributed by atoms with Gasteiger partial charge in [0.2, 0.25) is 0 Å². The first-order valence-electron chi connectivity index (χ1n) is 5.91. The molecule has 1 rings (SSSR count). The fourth-order valence-corrected chi connectivity index (χ4v) is 3.01. The van der Waals surface area contributed by atoms with E-state index in [4.69, 9.17) is 15.3 Å². The monoisotopic (exact) mass is 374 g/mol. The van der Waals surface area contributed by atoms with E-state index in [0.29, 0.717) is 0 Å². The van der Waals surface area contributed by atoms with Crippen LogP contribution in [0.5, 0.6) is 5.75 Å². The number of rotatable bonds is 6. The quantitative estimate of drug-likeness (QED) is 0.402. The third kappa shape index (κ3) is 17.4. The summed E-state index contributed by atoms with van der Waals surface area (Å²) in [6, 6.07) is 7.08. The maximum atomic E-state index is 9.87. The number of phenols is 1. The molecule has 0 aliphatic heterocycles. The zero-order valence-corrected chi connectivity index (χ0v) is 13.0. The van der Waals surface area contributed by atoms with E-state index in [1.165, 1.54) is 0 Å². The summed E-state index contributed by atoms with van der Waals surface area (Å²) in [7, 11) is -10.6. The fraction of sp³-hybridized carbons (Fsp3) is 0.455. The minimum Gasteiger partial charge on any atom is -0.508 e. The van der Waals surface area contributed by atoms with Crippen molar-refractivity contribution in [3.05, 3.63) is 29.8 Å². The van der Waals surface area contributed by atoms with Gasteiger partial charge >= 0.3 is 33.0 Å². The Balaban J connectivity index is 0.000000534. The maximum Gasteiger partial charge on any atom is 0.133 e. The molecule has 132 valence electrons. The van der Waals surface area contributed by atoms with Gasteiger partial charge in [0.25, 0.3) is 0 Å². The predicted octanol–water partition coefficient (Wildman–Crippen LogP) is 3.88. The van der Waals surface area contributed by atoms with Crippen LogP contribution in [0, 0.1) is 0 Å². The molecule has 1 aromatic rings. The van der Waals surface area contributed by atoms with Crippen LogP contribution in [0.15, 0.2) is 24.3 Å². The molecule has 1 aromatic carbocycles. The first kappa shape index (κ1) is 21.3. The molecule has 11 heteroatoms. The van der Waals surface area contributed by atoms with Crippen LogP contribution in [-0.2, 0) is 16.6 Å². The molecule has 0 aliphatic carbocycles. The van der Waals surface area contributed by atoms with Crippen LogP contribution in [0.4, 0.5) is 25.2 Å². The van der Waals surface area contributed by atoms with Crippen LogP contribution in [-0.4, -0.2) is 40.0 Å². The van der Waals surface area contributed by atoms with Gasteiger partial charge in [-0.3, -0.25) is 0 Å². The van der Waals surface area contributed by atoms with Gasteiger partial charge in [0.15, 0.2) is 0 Å². The summed E-state index contributed by atoms with van der Waals surface area (Å²) in [5.74, 6) is 2.60. The minimum absolute atomic E-state index is 0.0363. The van der Waals surface area contributed by atoms with Crippen molar-refractivity contribution in [3.63, 3.8) is 0 Å². The number of aliphatic hydroxyl groups excluding tert-OH is 2. The summed E-state index contributed by atoms with van der Waals surface area (Å²) in [4.78, 5) is 0. The Bertz CT molecular complexity index is 433. The van der Waals surface area contributed by atoms with Gasteiger partial charge in [-0.1, -0.05) is 12.1 Å². The van der Waals surface area contributed by atoms with Crippen LogP contribution < -0.4 is 0 Å². The number of aromatic hydroxyl groups is 1. The summed E-state index contributed by atoms with van der Waals surface area (Å²) >= 11 is 0. The number of aliphatic hydroxyl groups is 2. The predicted molar refractivity (Wildman–Crippen MR) is 76.6 cm³/mol. The average Bonchev–Trinajstić information content (AvgIpc) is 2.29. The van der Waals surface area contributed by atoms with Crippen LogP contribution >= 0.6 is 7.81 Å². The SMILES string of the molecule is F[P-](F)(F)(F)(F)F.OCC[S+](CCO)Cc1ccc(O)cc1. The first-order chi connectivity index (χ1) is 9.71. The van der Waals surface area contributed by atoms with Gasteiger partial charge in [0.05, 0.1) is 13.2 Å². The van der Waals surface area contributed by atoms with Crippen LogP contribution in [0.3, 0.4) is 0 Å². The topological polar surface area (TPSA) is 60.7 Å². The van der Waals surface area contributed by atoms with E-state index in [-0.39, 0.29) is 29.9 Å². The smallest absolute Gasteiger partial charge is 0.133 e. The van der Waals surface area contributed by atoms with Gasteiger partial charge in [-0.05, 0) is 23.0 Å². The van der Waals surface area contributed by atoms with Gasteiger partial charge < -0.3 is 15.3 Å². The Morgan fingerprint density at radius 2 is 1.18 bits per heavy atom. The Labute approximate surface area is 126 Å². The second kappa shape index (κ2) is 7.25. The Morgan fingerprint density at radius 1 is 0.818 bits per heavy atom. The number of phenolic OH excluding ortho intramolecular Hbond substituents is 1. The molecule has 3 N–H and O–H groups in total. The van der Waals surface area contributed by atoms with Gasteiger partial charge in [0, 0.05) is 5.56 Å². The normalized spacial score (nSPS) is 14.8. The Hall–Kier alpha value is -0.700. The Morgan fingerprint density at radius 3 is 1.50 bits per heavy atom. The van der Waals surface area contributed by atoms with E-state index in [9.17, 15) is 25.2 Å². The van der Waals surface area contributed by atoms with E-state index < -0.39 is 7.81 Å². The van der Waals surface area contributed by atoms with Crippen LogP contribution in [0.2, 0.25) is 0 Å². The number of benzene rings is 1. The van der Waals surface area contributed by atoms with Crippen molar-refractivity contribution < 1.29 is 40.5 Å². The van der Waals surface area contributed by atoms with E-state index in [1.807, 2.05) is 12.1 Å². The molecule has 0 fully saturated rings. The molecular formula is C11H17F6O3PS. The molecule has 3 nitrogen and oxygen atoms in total. The summed E-state index contributed by atoms with van der Waals surface area (Å²) in [5.41, 5.74) is 1.14. The molecule has 0 aliphatic rings. The summed E-state index contributed by atoms with van der Waals surface area (Å²) in [6.45, 7) is 0.336. The van der Waals surface area contributed by atoms with E-state index >= 15 is 0 Å². The van der Waals surface area contributed by atoms with Gasteiger partial charge in [-0.15, -0.1) is 0 Å². The molecule has 0 atom stereocenters. The van der Waals surface area contributed by atoms with Crippen LogP contribution in [0.25, 0.3) is 0 Å². The molecule has 0 aromatic heterocycles. The van der Waals surface area contributed by atoms with Crippen molar-refractivity contribution in [2.45, 2.75) is 5.75 Å². The van der Waals surface area contributed by atoms with Crippen molar-refractivity contribution >= 4 is 18.7 Å². The van der Waals surface area contributed by atoms with Gasteiger partial charge in [-0.2, -0.15) is 0 Å². The van der Waals surface area contributed by atoms with Crippen molar-refractivity contribution in [1.29, 1.82) is 0 Å². The number of hydrogen-bond donors (Lipinski definition) is 3. The number of halogens is 6. The summed E-state index contributed by atoms with van der Waals surface area (Å²) < 4.78 is 59.2. The van der Waals surface area contributed by atoms with Gasteiger partial charge in [0.1, 0.15) is 23.0 Å². The zero-order valence-electron chi connectivity index (χ0n) is 11.3. The molecule has 0 amide bonds. The molecule has 0 unspecified atom stereocenters. The number of hydrogen-bond acceptors (Lipinski definition) is 3. The van der Waals surface area contributed by atoms with Crippen LogP contribution in [0.1, 0.15) is 5.56 Å². The molecule has 0 saturated heterocycles. The fourth-order valence-electron chi connectivity index (χ4n) is 1.33. The Kier molecular flexibility index (Phi) is 7.02. The largest absolute Gasteiger partial charge is 0.508 e. The average molecular weight is 374 g/mol. The van der Waals surface area contributed by atoms with Crippen molar-refractivity contribution in [2.75, 3.05) is 24.7 Å². The molecule has 22 heavy (non-hydrogen) atoms. The van der Waals surface area contributed by atoms with E-state index in [1.54, 1.807) is 12.1 Å². The van der Waals surface area contributed by atoms with Crippen molar-refractivity contribution in [2.24, 2.45) is 0 Å². The summed E-state index contributed by atoms with van der Waals surface area (Å²) in [5, 5.41) is 26.9. The first-order valence-corrected chi connectivity index (χ1v) is 9.67. The van der Waals surface area contributed by atoms with Gasteiger partial charge in [-0.25, -0.2) is 0 Å². The van der Waals surface area contributed by atoms with E-state index in [2.05, 4.69) is 0 Å². The molecule has 0 saturated carbocycles. The van der Waals surface area contributed by atoms with E-state index in [0.717, 1.165) is 22.8 Å². The second-order valence-electron chi connectivity index (χ2n) is 4.24. The standard InChI is InChI=1S/C11H16O3S.F6P/c12-5-7-15(8-6-13)9-10-1-3-11(14)4-2-10;1-7(2,3,4,5)6/h1-4,12-13H,5-9H2;/q;-1/p+1. The summed E-state index contributed by atoms with van der Waals surface area (Å²) in [6.07, 6.45) is 0. The third-order valence-corrected chi connectivity index (χ3v) is 4.33. The molecule has 0 spiro atoms. The second-order valence-corrected chi connectivity index (χ2v) is 8.48. The van der Waals surface area contributed by atoms with Crippen molar-refractivity contribution in [3.8, 4) is 5.75 Å². The molecule has 0 bridgehead atoms. The maximum absolute atomic E-state index is 10.7. The molecular weight excluding hydrogens is 357 g/mol. The molecule has 0 heterocycles. The molecule has 0 radical (unpaired) electrons. The van der Waals surface area contributed by atoms with Crippen molar-refractivity contribution in [1.82, 2.24) is 0 Å². The third-order valence-electron chi connectivity index (χ3n) is 2.07. The zero-order chi connectivity index (χ0) is 17.5.